The highest BCUT2D eigenvalue weighted by molar-refractivity contribution is 4.81. The normalized spacial score (nSPS) is 25.1. The van der Waals surface area contributed by atoms with Crippen LogP contribution in [-0.2, 0) is 4.74 Å². The average Bonchev–Trinajstić information content (AvgIpc) is 2.52. The van der Waals surface area contributed by atoms with E-state index in [-0.39, 0.29) is 0 Å². The second-order valence-corrected chi connectivity index (χ2v) is 5.04. The Labute approximate surface area is 121 Å². The Bertz CT molecular complexity index is 183. The third kappa shape index (κ3) is 6.73. The fourth-order valence-corrected chi connectivity index (χ4v) is 2.63. The lowest BCUT2D eigenvalue weighted by Gasteiger charge is -2.41. The van der Waals surface area contributed by atoms with E-state index in [0.29, 0.717) is 12.1 Å². The molecule has 1 unspecified atom stereocenters. The summed E-state index contributed by atoms with van der Waals surface area (Å²) >= 11 is 0. The van der Waals surface area contributed by atoms with E-state index in [0.717, 1.165) is 13.2 Å². The van der Waals surface area contributed by atoms with Gasteiger partial charge in [0.25, 0.3) is 0 Å². The Kier molecular flexibility index (Phi) is 11.6. The van der Waals surface area contributed by atoms with Crippen molar-refractivity contribution in [3.63, 3.8) is 0 Å². The SMILES string of the molecule is CC.CC.CC(C)N1CCN(C2CCCOC2)CC1. The number of nitrogens with zero attached hydrogens (tertiary/aromatic N) is 2. The summed E-state index contributed by atoms with van der Waals surface area (Å²) in [6.45, 7) is 19.4. The van der Waals surface area contributed by atoms with Gasteiger partial charge in [0, 0.05) is 44.9 Å². The van der Waals surface area contributed by atoms with Gasteiger partial charge in [0.05, 0.1) is 6.61 Å². The second kappa shape index (κ2) is 11.7. The van der Waals surface area contributed by atoms with Gasteiger partial charge < -0.3 is 4.74 Å². The highest BCUT2D eigenvalue weighted by Gasteiger charge is 2.26. The fraction of sp³-hybridized carbons (Fsp3) is 1.00. The number of hydrogen-bond donors (Lipinski definition) is 0. The minimum absolute atomic E-state index is 0.702. The van der Waals surface area contributed by atoms with Gasteiger partial charge in [0.2, 0.25) is 0 Å². The van der Waals surface area contributed by atoms with Crippen molar-refractivity contribution in [2.45, 2.75) is 66.5 Å². The number of rotatable bonds is 2. The molecule has 0 aromatic rings. The van der Waals surface area contributed by atoms with E-state index in [2.05, 4.69) is 23.6 Å². The molecule has 3 nitrogen and oxygen atoms in total. The molecule has 19 heavy (non-hydrogen) atoms. The van der Waals surface area contributed by atoms with E-state index >= 15 is 0 Å². The summed E-state index contributed by atoms with van der Waals surface area (Å²) in [5.74, 6) is 0. The Morgan fingerprint density at radius 1 is 0.947 bits per heavy atom. The summed E-state index contributed by atoms with van der Waals surface area (Å²) in [5.41, 5.74) is 0. The van der Waals surface area contributed by atoms with E-state index in [9.17, 15) is 0 Å². The molecular formula is C16H36N2O. The summed E-state index contributed by atoms with van der Waals surface area (Å²) in [5, 5.41) is 0. The first-order valence-corrected chi connectivity index (χ1v) is 8.33. The minimum atomic E-state index is 0.702. The quantitative estimate of drug-likeness (QED) is 0.767. The van der Waals surface area contributed by atoms with Crippen molar-refractivity contribution in [3.8, 4) is 0 Å². The molecule has 2 rings (SSSR count). The van der Waals surface area contributed by atoms with Crippen molar-refractivity contribution in [2.75, 3.05) is 39.4 Å². The molecule has 2 heterocycles. The zero-order valence-electron chi connectivity index (χ0n) is 14.1. The minimum Gasteiger partial charge on any atom is -0.380 e. The Morgan fingerprint density at radius 2 is 1.53 bits per heavy atom. The van der Waals surface area contributed by atoms with Gasteiger partial charge in [-0.15, -0.1) is 0 Å². The van der Waals surface area contributed by atoms with Crippen molar-refractivity contribution in [2.24, 2.45) is 0 Å². The molecule has 1 atom stereocenters. The van der Waals surface area contributed by atoms with Crippen LogP contribution >= 0.6 is 0 Å². The van der Waals surface area contributed by atoms with Gasteiger partial charge in [-0.3, -0.25) is 9.80 Å². The fourth-order valence-electron chi connectivity index (χ4n) is 2.63. The third-order valence-corrected chi connectivity index (χ3v) is 3.73. The van der Waals surface area contributed by atoms with E-state index in [1.807, 2.05) is 27.7 Å². The largest absolute Gasteiger partial charge is 0.380 e. The van der Waals surface area contributed by atoms with Crippen LogP contribution < -0.4 is 0 Å². The Hall–Kier alpha value is -0.120. The maximum Gasteiger partial charge on any atom is 0.0621 e. The zero-order chi connectivity index (χ0) is 14.7. The van der Waals surface area contributed by atoms with Crippen LogP contribution in [0.3, 0.4) is 0 Å². The first-order valence-electron chi connectivity index (χ1n) is 8.33. The molecule has 0 amide bonds. The third-order valence-electron chi connectivity index (χ3n) is 3.73. The topological polar surface area (TPSA) is 15.7 Å². The predicted octanol–water partition coefficient (Wildman–Crippen LogP) is 3.24. The van der Waals surface area contributed by atoms with Crippen LogP contribution in [0.4, 0.5) is 0 Å². The maximum atomic E-state index is 5.55. The molecule has 0 radical (unpaired) electrons. The van der Waals surface area contributed by atoms with Crippen molar-refractivity contribution in [1.82, 2.24) is 9.80 Å². The molecule has 0 N–H and O–H groups in total. The molecule has 0 bridgehead atoms. The lowest BCUT2D eigenvalue weighted by molar-refractivity contribution is -0.00568. The molecule has 0 aromatic heterocycles. The van der Waals surface area contributed by atoms with Crippen LogP contribution in [0.25, 0.3) is 0 Å². The highest BCUT2D eigenvalue weighted by Crippen LogP contribution is 2.16. The van der Waals surface area contributed by atoms with Crippen LogP contribution in [0.2, 0.25) is 0 Å². The van der Waals surface area contributed by atoms with Crippen LogP contribution in [0.15, 0.2) is 0 Å². The molecule has 2 fully saturated rings. The first kappa shape index (κ1) is 18.9. The lowest BCUT2D eigenvalue weighted by Crippen LogP contribution is -2.53. The molecular weight excluding hydrogens is 236 g/mol. The molecule has 0 aromatic carbocycles. The van der Waals surface area contributed by atoms with Gasteiger partial charge in [0.1, 0.15) is 0 Å². The van der Waals surface area contributed by atoms with Crippen molar-refractivity contribution in [3.05, 3.63) is 0 Å². The van der Waals surface area contributed by atoms with E-state index in [1.54, 1.807) is 0 Å². The van der Waals surface area contributed by atoms with Crippen molar-refractivity contribution in [1.29, 1.82) is 0 Å². The number of hydrogen-bond acceptors (Lipinski definition) is 3. The molecule has 116 valence electrons. The van der Waals surface area contributed by atoms with E-state index in [4.69, 9.17) is 4.74 Å². The molecule has 2 aliphatic rings. The van der Waals surface area contributed by atoms with Crippen LogP contribution in [0, 0.1) is 0 Å². The second-order valence-electron chi connectivity index (χ2n) is 5.04. The summed E-state index contributed by atoms with van der Waals surface area (Å²) in [6, 6.07) is 1.41. The first-order chi connectivity index (χ1) is 9.27. The number of ether oxygens (including phenoxy) is 1. The van der Waals surface area contributed by atoms with Gasteiger partial charge in [0.15, 0.2) is 0 Å². The zero-order valence-corrected chi connectivity index (χ0v) is 14.1. The summed E-state index contributed by atoms with van der Waals surface area (Å²) in [6.07, 6.45) is 2.58. The molecule has 3 heteroatoms. The summed E-state index contributed by atoms with van der Waals surface area (Å²) in [4.78, 5) is 5.19. The molecule has 2 saturated heterocycles. The monoisotopic (exact) mass is 272 g/mol. The van der Waals surface area contributed by atoms with Gasteiger partial charge in [-0.25, -0.2) is 0 Å². The van der Waals surface area contributed by atoms with Gasteiger partial charge in [-0.05, 0) is 26.7 Å². The molecule has 0 aliphatic carbocycles. The smallest absolute Gasteiger partial charge is 0.0621 e. The van der Waals surface area contributed by atoms with Crippen LogP contribution in [-0.4, -0.2) is 61.3 Å². The van der Waals surface area contributed by atoms with E-state index < -0.39 is 0 Å². The van der Waals surface area contributed by atoms with Crippen molar-refractivity contribution >= 4 is 0 Å². The van der Waals surface area contributed by atoms with Crippen LogP contribution in [0.5, 0.6) is 0 Å². The van der Waals surface area contributed by atoms with Gasteiger partial charge >= 0.3 is 0 Å². The van der Waals surface area contributed by atoms with Crippen molar-refractivity contribution < 1.29 is 4.74 Å². The van der Waals surface area contributed by atoms with Crippen LogP contribution in [0.1, 0.15) is 54.4 Å². The Morgan fingerprint density at radius 3 is 1.95 bits per heavy atom. The molecule has 2 aliphatic heterocycles. The molecule has 0 saturated carbocycles. The number of piperazine rings is 1. The standard InChI is InChI=1S/C12H24N2O.2C2H6/c1-11(2)13-5-7-14(8-6-13)12-4-3-9-15-10-12;2*1-2/h11-12H,3-10H2,1-2H3;2*1-2H3. The maximum absolute atomic E-state index is 5.55. The van der Waals surface area contributed by atoms with Gasteiger partial charge in [-0.2, -0.15) is 0 Å². The van der Waals surface area contributed by atoms with E-state index in [1.165, 1.54) is 39.0 Å². The predicted molar refractivity (Wildman–Crippen MR) is 84.8 cm³/mol. The summed E-state index contributed by atoms with van der Waals surface area (Å²) < 4.78 is 5.55. The summed E-state index contributed by atoms with van der Waals surface area (Å²) in [7, 11) is 0. The lowest BCUT2D eigenvalue weighted by atomic mass is 10.1. The average molecular weight is 272 g/mol. The van der Waals surface area contributed by atoms with Gasteiger partial charge in [-0.1, -0.05) is 27.7 Å². The highest BCUT2D eigenvalue weighted by atomic mass is 16.5. The Balaban J connectivity index is 0.000000741. The molecule has 0 spiro atoms.